The number of para-hydroxylation sites is 1. The van der Waals surface area contributed by atoms with Crippen molar-refractivity contribution in [3.63, 3.8) is 0 Å². The van der Waals surface area contributed by atoms with Crippen molar-refractivity contribution in [3.05, 3.63) is 41.3 Å². The van der Waals surface area contributed by atoms with Crippen LogP contribution in [0.4, 0.5) is 5.69 Å². The van der Waals surface area contributed by atoms with Gasteiger partial charge in [-0.2, -0.15) is 4.72 Å². The Balaban J connectivity index is 1.56. The summed E-state index contributed by atoms with van der Waals surface area (Å²) in [6.07, 6.45) is 0.729. The Kier molecular flexibility index (Phi) is 5.52. The molecule has 0 saturated carbocycles. The third-order valence-corrected chi connectivity index (χ3v) is 6.12. The second kappa shape index (κ2) is 7.72. The van der Waals surface area contributed by atoms with E-state index in [1.165, 1.54) is 13.8 Å². The Bertz CT molecular complexity index is 995. The molecule has 0 unspecified atom stereocenters. The third kappa shape index (κ3) is 3.92. The van der Waals surface area contributed by atoms with Gasteiger partial charge in [0, 0.05) is 11.7 Å². The van der Waals surface area contributed by atoms with E-state index < -0.39 is 29.1 Å². The highest BCUT2D eigenvalue weighted by atomic mass is 32.2. The largest absolute Gasteiger partial charge is 0.455 e. The fourth-order valence-corrected chi connectivity index (χ4v) is 4.59. The summed E-state index contributed by atoms with van der Waals surface area (Å²) in [4.78, 5) is 25.9. The minimum Gasteiger partial charge on any atom is -0.455 e. The highest BCUT2D eigenvalue weighted by Crippen LogP contribution is 2.31. The van der Waals surface area contributed by atoms with Crippen molar-refractivity contribution in [1.82, 2.24) is 9.88 Å². The number of ether oxygens (including phenoxy) is 1. The number of aryl methyl sites for hydroxylation is 2. The van der Waals surface area contributed by atoms with Gasteiger partial charge in [-0.15, -0.1) is 0 Å². The number of carbonyl (C=O) groups is 2. The minimum absolute atomic E-state index is 0.0401. The Morgan fingerprint density at radius 1 is 1.32 bits per heavy atom. The lowest BCUT2D eigenvalue weighted by Crippen LogP contribution is -2.39. The standard InChI is InChI=1S/C18H21N3O6S/c1-11-8-14-6-4-5-7-15(14)21(11)16(22)10-26-17(23)9-19-28(24,25)18-12(2)20-27-13(18)3/h4-7,11,19H,8-10H2,1-3H3/t11-/m0/s1. The molecule has 1 aromatic heterocycles. The van der Waals surface area contributed by atoms with Crippen molar-refractivity contribution < 1.29 is 27.3 Å². The lowest BCUT2D eigenvalue weighted by molar-refractivity contribution is -0.146. The molecule has 2 aromatic rings. The van der Waals surface area contributed by atoms with Gasteiger partial charge in [0.15, 0.2) is 12.4 Å². The zero-order valence-electron chi connectivity index (χ0n) is 15.8. The number of amides is 1. The van der Waals surface area contributed by atoms with Gasteiger partial charge in [-0.3, -0.25) is 9.59 Å². The van der Waals surface area contributed by atoms with Gasteiger partial charge in [-0.05, 0) is 38.8 Å². The molecule has 0 bridgehead atoms. The molecule has 2 heterocycles. The molecule has 28 heavy (non-hydrogen) atoms. The molecule has 0 spiro atoms. The van der Waals surface area contributed by atoms with E-state index in [1.54, 1.807) is 4.90 Å². The maximum Gasteiger partial charge on any atom is 0.321 e. The quantitative estimate of drug-likeness (QED) is 0.712. The van der Waals surface area contributed by atoms with E-state index >= 15 is 0 Å². The lowest BCUT2D eigenvalue weighted by atomic mass is 10.1. The average molecular weight is 407 g/mol. The van der Waals surface area contributed by atoms with Gasteiger partial charge in [0.05, 0.1) is 0 Å². The van der Waals surface area contributed by atoms with E-state index in [2.05, 4.69) is 9.88 Å². The summed E-state index contributed by atoms with van der Waals surface area (Å²) in [6.45, 7) is 3.78. The van der Waals surface area contributed by atoms with Gasteiger partial charge in [0.2, 0.25) is 10.0 Å². The van der Waals surface area contributed by atoms with Crippen molar-refractivity contribution in [3.8, 4) is 0 Å². The molecular formula is C18H21N3O6S. The van der Waals surface area contributed by atoms with Crippen LogP contribution in [0.5, 0.6) is 0 Å². The molecule has 0 saturated heterocycles. The van der Waals surface area contributed by atoms with Crippen LogP contribution in [-0.4, -0.2) is 44.6 Å². The number of anilines is 1. The molecule has 1 aromatic carbocycles. The number of nitrogens with zero attached hydrogens (tertiary/aromatic N) is 2. The summed E-state index contributed by atoms with van der Waals surface area (Å²) in [5.74, 6) is -1.10. The molecule has 9 nitrogen and oxygen atoms in total. The Morgan fingerprint density at radius 3 is 2.71 bits per heavy atom. The number of hydrogen-bond donors (Lipinski definition) is 1. The first-order chi connectivity index (χ1) is 13.2. The molecule has 1 aliphatic rings. The van der Waals surface area contributed by atoms with Crippen molar-refractivity contribution in [2.75, 3.05) is 18.1 Å². The van der Waals surface area contributed by atoms with E-state index in [0.29, 0.717) is 0 Å². The maximum absolute atomic E-state index is 12.5. The second-order valence-corrected chi connectivity index (χ2v) is 8.29. The first-order valence-electron chi connectivity index (χ1n) is 8.69. The minimum atomic E-state index is -3.98. The molecule has 150 valence electrons. The molecule has 3 rings (SSSR count). The van der Waals surface area contributed by atoms with Crippen molar-refractivity contribution in [1.29, 1.82) is 0 Å². The molecule has 0 radical (unpaired) electrons. The summed E-state index contributed by atoms with van der Waals surface area (Å²) in [7, 11) is -3.98. The van der Waals surface area contributed by atoms with Crippen LogP contribution in [0.25, 0.3) is 0 Å². The fourth-order valence-electron chi connectivity index (χ4n) is 3.29. The molecule has 10 heteroatoms. The predicted molar refractivity (Wildman–Crippen MR) is 99.2 cm³/mol. The number of esters is 1. The first-order valence-corrected chi connectivity index (χ1v) is 10.2. The van der Waals surface area contributed by atoms with E-state index in [-0.39, 0.29) is 28.3 Å². The van der Waals surface area contributed by atoms with Crippen LogP contribution in [0.3, 0.4) is 0 Å². The SMILES string of the molecule is Cc1noc(C)c1S(=O)(=O)NCC(=O)OCC(=O)N1c2ccccc2C[C@@H]1C. The van der Waals surface area contributed by atoms with Crippen LogP contribution in [0, 0.1) is 13.8 Å². The van der Waals surface area contributed by atoms with E-state index in [1.807, 2.05) is 31.2 Å². The summed E-state index contributed by atoms with van der Waals surface area (Å²) in [6, 6.07) is 7.50. The number of aromatic nitrogens is 1. The highest BCUT2D eigenvalue weighted by molar-refractivity contribution is 7.89. The van der Waals surface area contributed by atoms with Crippen molar-refractivity contribution >= 4 is 27.6 Å². The summed E-state index contributed by atoms with van der Waals surface area (Å²) < 4.78 is 36.5. The van der Waals surface area contributed by atoms with Crippen LogP contribution in [0.15, 0.2) is 33.7 Å². The van der Waals surface area contributed by atoms with Crippen molar-refractivity contribution in [2.24, 2.45) is 0 Å². The number of rotatable bonds is 6. The molecule has 0 fully saturated rings. The van der Waals surface area contributed by atoms with Gasteiger partial charge in [-0.1, -0.05) is 23.4 Å². The van der Waals surface area contributed by atoms with Crippen LogP contribution < -0.4 is 9.62 Å². The molecule has 1 N–H and O–H groups in total. The number of carbonyl (C=O) groups excluding carboxylic acids is 2. The monoisotopic (exact) mass is 407 g/mol. The topological polar surface area (TPSA) is 119 Å². The van der Waals surface area contributed by atoms with Gasteiger partial charge >= 0.3 is 5.97 Å². The average Bonchev–Trinajstić information content (AvgIpc) is 3.16. The van der Waals surface area contributed by atoms with Crippen molar-refractivity contribution in [2.45, 2.75) is 38.1 Å². The molecule has 1 atom stereocenters. The number of benzene rings is 1. The summed E-state index contributed by atoms with van der Waals surface area (Å²) in [5, 5.41) is 3.58. The number of sulfonamides is 1. The highest BCUT2D eigenvalue weighted by Gasteiger charge is 2.31. The number of fused-ring (bicyclic) bond motifs is 1. The zero-order chi connectivity index (χ0) is 20.5. The van der Waals surface area contributed by atoms with Gasteiger partial charge < -0.3 is 14.2 Å². The van der Waals surface area contributed by atoms with Crippen LogP contribution in [-0.2, 0) is 30.8 Å². The van der Waals surface area contributed by atoms with E-state index in [4.69, 9.17) is 9.26 Å². The Hall–Kier alpha value is -2.72. The van der Waals surface area contributed by atoms with Gasteiger partial charge in [0.1, 0.15) is 17.1 Å². The normalized spacial score (nSPS) is 16.1. The van der Waals surface area contributed by atoms with Crippen LogP contribution in [0.1, 0.15) is 23.9 Å². The Morgan fingerprint density at radius 2 is 2.04 bits per heavy atom. The van der Waals surface area contributed by atoms with Gasteiger partial charge in [-0.25, -0.2) is 8.42 Å². The lowest BCUT2D eigenvalue weighted by Gasteiger charge is -2.22. The fraction of sp³-hybridized carbons (Fsp3) is 0.389. The molecule has 1 amide bonds. The Labute approximate surface area is 162 Å². The molecule has 0 aliphatic carbocycles. The predicted octanol–water partition coefficient (Wildman–Crippen LogP) is 1.09. The van der Waals surface area contributed by atoms with Gasteiger partial charge in [0.25, 0.3) is 5.91 Å². The summed E-state index contributed by atoms with van der Waals surface area (Å²) >= 11 is 0. The maximum atomic E-state index is 12.5. The summed E-state index contributed by atoms with van der Waals surface area (Å²) in [5.41, 5.74) is 2.05. The zero-order valence-corrected chi connectivity index (χ0v) is 16.6. The smallest absolute Gasteiger partial charge is 0.321 e. The van der Waals surface area contributed by atoms with Crippen LogP contribution >= 0.6 is 0 Å². The number of hydrogen-bond acceptors (Lipinski definition) is 7. The van der Waals surface area contributed by atoms with Crippen LogP contribution in [0.2, 0.25) is 0 Å². The van der Waals surface area contributed by atoms with E-state index in [9.17, 15) is 18.0 Å². The van der Waals surface area contributed by atoms with E-state index in [0.717, 1.165) is 17.7 Å². The second-order valence-electron chi connectivity index (χ2n) is 6.58. The molecule has 1 aliphatic heterocycles. The first kappa shape index (κ1) is 20.0. The number of nitrogens with one attached hydrogen (secondary N) is 1. The molecular weight excluding hydrogens is 386 g/mol. The third-order valence-electron chi connectivity index (χ3n) is 4.48.